The molecule has 0 saturated carbocycles. The van der Waals surface area contributed by atoms with E-state index in [2.05, 4.69) is 20.3 Å². The molecule has 1 rings (SSSR count). The van der Waals surface area contributed by atoms with Crippen LogP contribution in [0.2, 0.25) is 0 Å². The smallest absolute Gasteiger partial charge is 0.227 e. The highest BCUT2D eigenvalue weighted by molar-refractivity contribution is 7.99. The summed E-state index contributed by atoms with van der Waals surface area (Å²) in [7, 11) is 0. The van der Waals surface area contributed by atoms with E-state index >= 15 is 0 Å². The van der Waals surface area contributed by atoms with Crippen molar-refractivity contribution < 1.29 is 0 Å². The van der Waals surface area contributed by atoms with Crippen LogP contribution in [0.4, 0.5) is 5.95 Å². The molecule has 0 aromatic carbocycles. The van der Waals surface area contributed by atoms with E-state index in [4.69, 9.17) is 0 Å². The zero-order chi connectivity index (χ0) is 9.68. The maximum absolute atomic E-state index is 4.22. The number of aromatic nitrogens is 3. The van der Waals surface area contributed by atoms with Crippen LogP contribution in [0.15, 0.2) is 10.3 Å². The molecule has 1 aromatic heterocycles. The highest BCUT2D eigenvalue weighted by atomic mass is 32.2. The third-order valence-corrected chi connectivity index (χ3v) is 2.39. The van der Waals surface area contributed by atoms with Crippen molar-refractivity contribution in [3.8, 4) is 0 Å². The van der Waals surface area contributed by atoms with Gasteiger partial charge in [0.15, 0.2) is 10.3 Å². The molecule has 1 heterocycles. The molecule has 0 bridgehead atoms. The molecule has 0 fully saturated rings. The van der Waals surface area contributed by atoms with E-state index < -0.39 is 0 Å². The molecule has 0 saturated heterocycles. The first kappa shape index (κ1) is 10.6. The number of nitrogens with zero attached hydrogens (tertiary/aromatic N) is 3. The second kappa shape index (κ2) is 5.29. The van der Waals surface area contributed by atoms with Gasteiger partial charge >= 0.3 is 0 Å². The highest BCUT2D eigenvalue weighted by Crippen LogP contribution is 2.15. The van der Waals surface area contributed by atoms with Crippen molar-refractivity contribution in [1.29, 1.82) is 0 Å². The van der Waals surface area contributed by atoms with E-state index in [9.17, 15) is 0 Å². The van der Waals surface area contributed by atoms with E-state index in [0.29, 0.717) is 5.95 Å². The summed E-state index contributed by atoms with van der Waals surface area (Å²) in [4.78, 5) is 12.6. The quantitative estimate of drug-likeness (QED) is 0.774. The fourth-order valence-electron chi connectivity index (χ4n) is 0.758. The maximum Gasteiger partial charge on any atom is 0.227 e. The van der Waals surface area contributed by atoms with Crippen molar-refractivity contribution in [2.75, 3.05) is 24.4 Å². The lowest BCUT2D eigenvalue weighted by Gasteiger charge is -2.03. The predicted molar refractivity (Wildman–Crippen MR) is 57.6 cm³/mol. The van der Waals surface area contributed by atoms with Crippen LogP contribution in [0.25, 0.3) is 0 Å². The van der Waals surface area contributed by atoms with Gasteiger partial charge in [-0.1, -0.05) is 23.5 Å². The second-order valence-corrected chi connectivity index (χ2v) is 3.71. The van der Waals surface area contributed by atoms with E-state index in [-0.39, 0.29) is 0 Å². The molecule has 0 atom stereocenters. The Labute approximate surface area is 86.3 Å². The third-order valence-electron chi connectivity index (χ3n) is 1.29. The van der Waals surface area contributed by atoms with Crippen LogP contribution >= 0.6 is 23.5 Å². The summed E-state index contributed by atoms with van der Waals surface area (Å²) in [5.41, 5.74) is 0. The Morgan fingerprint density at radius 3 is 2.00 bits per heavy atom. The Morgan fingerprint density at radius 1 is 1.08 bits per heavy atom. The normalized spacial score (nSPS) is 10.1. The van der Waals surface area contributed by atoms with Gasteiger partial charge in [0.2, 0.25) is 5.95 Å². The van der Waals surface area contributed by atoms with E-state index in [1.165, 1.54) is 23.5 Å². The number of rotatable bonds is 4. The zero-order valence-electron chi connectivity index (χ0n) is 7.87. The van der Waals surface area contributed by atoms with Crippen molar-refractivity contribution in [3.05, 3.63) is 0 Å². The lowest BCUT2D eigenvalue weighted by molar-refractivity contribution is 0.805. The average Bonchev–Trinajstić information content (AvgIpc) is 2.17. The summed E-state index contributed by atoms with van der Waals surface area (Å²) >= 11 is 3.05. The Morgan fingerprint density at radius 2 is 1.62 bits per heavy atom. The molecule has 72 valence electrons. The van der Waals surface area contributed by atoms with Gasteiger partial charge in [0, 0.05) is 6.54 Å². The van der Waals surface area contributed by atoms with Crippen LogP contribution < -0.4 is 5.32 Å². The van der Waals surface area contributed by atoms with Gasteiger partial charge in [-0.15, -0.1) is 0 Å². The Balaban J connectivity index is 2.93. The SMILES string of the molecule is CCNc1nc(SC)nc(SC)n1. The average molecular weight is 216 g/mol. The lowest BCUT2D eigenvalue weighted by Crippen LogP contribution is -2.04. The van der Waals surface area contributed by atoms with Crippen molar-refractivity contribution in [2.45, 2.75) is 17.2 Å². The number of anilines is 1. The molecule has 0 unspecified atom stereocenters. The number of hydrogen-bond acceptors (Lipinski definition) is 6. The van der Waals surface area contributed by atoms with Crippen LogP contribution in [0.5, 0.6) is 0 Å². The van der Waals surface area contributed by atoms with Crippen LogP contribution in [0, 0.1) is 0 Å². The number of thioether (sulfide) groups is 2. The minimum absolute atomic E-state index is 0.659. The largest absolute Gasteiger partial charge is 0.354 e. The van der Waals surface area contributed by atoms with Crippen LogP contribution in [0.3, 0.4) is 0 Å². The van der Waals surface area contributed by atoms with Crippen molar-refractivity contribution in [2.24, 2.45) is 0 Å². The first-order valence-corrected chi connectivity index (χ1v) is 6.33. The fraction of sp³-hybridized carbons (Fsp3) is 0.571. The van der Waals surface area contributed by atoms with Crippen LogP contribution in [0.1, 0.15) is 6.92 Å². The van der Waals surface area contributed by atoms with Gasteiger partial charge in [0.1, 0.15) is 0 Å². The third kappa shape index (κ3) is 3.04. The maximum atomic E-state index is 4.22. The number of hydrogen-bond donors (Lipinski definition) is 1. The summed E-state index contributed by atoms with van der Waals surface area (Å²) < 4.78 is 0. The molecule has 1 N–H and O–H groups in total. The Bertz CT molecular complexity index is 257. The topological polar surface area (TPSA) is 50.7 Å². The first-order chi connectivity index (χ1) is 6.30. The van der Waals surface area contributed by atoms with Crippen LogP contribution in [-0.2, 0) is 0 Å². The molecular formula is C7H12N4S2. The van der Waals surface area contributed by atoms with E-state index in [0.717, 1.165) is 16.9 Å². The molecule has 0 aliphatic carbocycles. The van der Waals surface area contributed by atoms with Gasteiger partial charge in [-0.3, -0.25) is 0 Å². The zero-order valence-corrected chi connectivity index (χ0v) is 9.50. The van der Waals surface area contributed by atoms with E-state index in [1.54, 1.807) is 0 Å². The fourth-order valence-corrected chi connectivity index (χ4v) is 1.53. The lowest BCUT2D eigenvalue weighted by atomic mass is 10.7. The Hall–Kier alpha value is -0.490. The van der Waals surface area contributed by atoms with Gasteiger partial charge in [-0.25, -0.2) is 0 Å². The molecule has 0 radical (unpaired) electrons. The van der Waals surface area contributed by atoms with E-state index in [1.807, 2.05) is 19.4 Å². The van der Waals surface area contributed by atoms with Crippen molar-refractivity contribution >= 4 is 29.5 Å². The predicted octanol–water partition coefficient (Wildman–Crippen LogP) is 1.75. The molecule has 6 heteroatoms. The summed E-state index contributed by atoms with van der Waals surface area (Å²) in [6.45, 7) is 2.84. The molecule has 0 amide bonds. The highest BCUT2D eigenvalue weighted by Gasteiger charge is 2.03. The summed E-state index contributed by atoms with van der Waals surface area (Å²) in [6, 6.07) is 0. The van der Waals surface area contributed by atoms with Crippen LogP contribution in [-0.4, -0.2) is 34.0 Å². The standard InChI is InChI=1S/C7H12N4S2/c1-4-8-5-9-6(12-2)11-7(10-5)13-3/h4H2,1-3H3,(H,8,9,10,11). The van der Waals surface area contributed by atoms with Gasteiger partial charge in [-0.2, -0.15) is 15.0 Å². The second-order valence-electron chi connectivity index (χ2n) is 2.16. The molecule has 1 aromatic rings. The first-order valence-electron chi connectivity index (χ1n) is 3.88. The van der Waals surface area contributed by atoms with Gasteiger partial charge < -0.3 is 5.32 Å². The molecule has 4 nitrogen and oxygen atoms in total. The molecule has 0 spiro atoms. The summed E-state index contributed by atoms with van der Waals surface area (Å²) in [5.74, 6) is 0.659. The number of nitrogens with one attached hydrogen (secondary N) is 1. The van der Waals surface area contributed by atoms with Gasteiger partial charge in [0.25, 0.3) is 0 Å². The molecule has 13 heavy (non-hydrogen) atoms. The van der Waals surface area contributed by atoms with Crippen molar-refractivity contribution in [3.63, 3.8) is 0 Å². The minimum Gasteiger partial charge on any atom is -0.354 e. The molecule has 0 aliphatic rings. The van der Waals surface area contributed by atoms with Gasteiger partial charge in [-0.05, 0) is 19.4 Å². The molecular weight excluding hydrogens is 204 g/mol. The summed E-state index contributed by atoms with van der Waals surface area (Å²) in [5, 5.41) is 4.59. The van der Waals surface area contributed by atoms with Crippen molar-refractivity contribution in [1.82, 2.24) is 15.0 Å². The van der Waals surface area contributed by atoms with Gasteiger partial charge in [0.05, 0.1) is 0 Å². The summed E-state index contributed by atoms with van der Waals surface area (Å²) in [6.07, 6.45) is 3.91. The minimum atomic E-state index is 0.659. The Kier molecular flexibility index (Phi) is 4.31. The monoisotopic (exact) mass is 216 g/mol. The molecule has 0 aliphatic heterocycles.